The molecule has 0 spiro atoms. The van der Waals surface area contributed by atoms with Crippen LogP contribution in [0.4, 0.5) is 5.69 Å². The van der Waals surface area contributed by atoms with Crippen molar-refractivity contribution in [3.8, 4) is 16.9 Å². The number of fused-ring (bicyclic) bond motifs is 1. The predicted molar refractivity (Wildman–Crippen MR) is 169 cm³/mol. The van der Waals surface area contributed by atoms with Gasteiger partial charge in [0.1, 0.15) is 11.4 Å². The van der Waals surface area contributed by atoms with Crippen LogP contribution in [0.5, 0.6) is 5.75 Å². The highest BCUT2D eigenvalue weighted by molar-refractivity contribution is 9.10. The maximum Gasteiger partial charge on any atom is 0.345 e. The summed E-state index contributed by atoms with van der Waals surface area (Å²) in [5, 5.41) is 5.66. The molecular formula is C31H23BrCl2N4O3. The lowest BCUT2D eigenvalue weighted by Gasteiger charge is -2.12. The van der Waals surface area contributed by atoms with Gasteiger partial charge in [-0.05, 0) is 60.2 Å². The lowest BCUT2D eigenvalue weighted by atomic mass is 10.0. The molecule has 0 atom stereocenters. The number of ether oxygens (including phenoxy) is 1. The molecule has 41 heavy (non-hydrogen) atoms. The summed E-state index contributed by atoms with van der Waals surface area (Å²) in [5.41, 5.74) is 7.09. The van der Waals surface area contributed by atoms with Gasteiger partial charge in [-0.15, -0.1) is 0 Å². The van der Waals surface area contributed by atoms with E-state index in [1.165, 1.54) is 18.3 Å². The van der Waals surface area contributed by atoms with Gasteiger partial charge < -0.3 is 14.6 Å². The van der Waals surface area contributed by atoms with Crippen molar-refractivity contribution in [3.63, 3.8) is 0 Å². The molecule has 7 nitrogen and oxygen atoms in total. The molecule has 10 heteroatoms. The Morgan fingerprint density at radius 1 is 0.976 bits per heavy atom. The number of hydrogen-bond acceptors (Lipinski definition) is 5. The van der Waals surface area contributed by atoms with E-state index in [9.17, 15) is 9.59 Å². The smallest absolute Gasteiger partial charge is 0.345 e. The fourth-order valence-electron chi connectivity index (χ4n) is 4.27. The highest BCUT2D eigenvalue weighted by atomic mass is 79.9. The minimum atomic E-state index is -0.657. The van der Waals surface area contributed by atoms with Gasteiger partial charge >= 0.3 is 5.97 Å². The van der Waals surface area contributed by atoms with Gasteiger partial charge in [-0.1, -0.05) is 69.5 Å². The third-order valence-corrected chi connectivity index (χ3v) is 7.32. The average molecular weight is 650 g/mol. The summed E-state index contributed by atoms with van der Waals surface area (Å²) in [6.45, 7) is 0. The number of esters is 1. The molecule has 206 valence electrons. The molecule has 1 amide bonds. The average Bonchev–Trinajstić information content (AvgIpc) is 3.34. The number of amides is 1. The minimum Gasteiger partial charge on any atom is -0.422 e. The molecule has 0 aliphatic heterocycles. The first-order chi connectivity index (χ1) is 19.7. The maximum absolute atomic E-state index is 13.4. The molecule has 0 fully saturated rings. The van der Waals surface area contributed by atoms with Gasteiger partial charge in [0.15, 0.2) is 0 Å². The first kappa shape index (κ1) is 28.4. The van der Waals surface area contributed by atoms with Crippen LogP contribution < -0.4 is 15.1 Å². The van der Waals surface area contributed by atoms with E-state index < -0.39 is 11.9 Å². The summed E-state index contributed by atoms with van der Waals surface area (Å²) in [6.07, 6.45) is 1.41. The van der Waals surface area contributed by atoms with Crippen LogP contribution in [0.25, 0.3) is 22.0 Å². The van der Waals surface area contributed by atoms with Gasteiger partial charge in [0, 0.05) is 51.3 Å². The quantitative estimate of drug-likeness (QED) is 0.0811. The molecule has 5 aromatic rings. The predicted octanol–water partition coefficient (Wildman–Crippen LogP) is 7.95. The molecule has 0 bridgehead atoms. The summed E-state index contributed by atoms with van der Waals surface area (Å²) < 4.78 is 6.33. The van der Waals surface area contributed by atoms with E-state index >= 15 is 0 Å². The summed E-state index contributed by atoms with van der Waals surface area (Å²) >= 11 is 15.5. The molecule has 0 saturated carbocycles. The Kier molecular flexibility index (Phi) is 8.44. The maximum atomic E-state index is 13.4. The normalized spacial score (nSPS) is 11.1. The van der Waals surface area contributed by atoms with Crippen molar-refractivity contribution in [2.75, 3.05) is 19.0 Å². The molecule has 4 aromatic carbocycles. The van der Waals surface area contributed by atoms with Crippen molar-refractivity contribution in [1.29, 1.82) is 0 Å². The molecule has 0 saturated heterocycles. The molecular weight excluding hydrogens is 627 g/mol. The third-order valence-electron chi connectivity index (χ3n) is 6.28. The van der Waals surface area contributed by atoms with Gasteiger partial charge in [0.05, 0.1) is 16.8 Å². The second-order valence-electron chi connectivity index (χ2n) is 9.26. The second kappa shape index (κ2) is 12.2. The van der Waals surface area contributed by atoms with E-state index in [0.717, 1.165) is 32.2 Å². The minimum absolute atomic E-state index is 0.167. The number of nitrogens with zero attached hydrogens (tertiary/aromatic N) is 2. The number of aromatic nitrogens is 1. The summed E-state index contributed by atoms with van der Waals surface area (Å²) in [6, 6.07) is 25.2. The van der Waals surface area contributed by atoms with Crippen LogP contribution in [0.2, 0.25) is 10.0 Å². The van der Waals surface area contributed by atoms with E-state index in [-0.39, 0.29) is 16.3 Å². The highest BCUT2D eigenvalue weighted by Crippen LogP contribution is 2.34. The number of aromatic amines is 1. The molecule has 0 radical (unpaired) electrons. The monoisotopic (exact) mass is 648 g/mol. The number of nitrogens with one attached hydrogen (secondary N) is 2. The van der Waals surface area contributed by atoms with Crippen molar-refractivity contribution in [2.24, 2.45) is 5.10 Å². The Bertz CT molecular complexity index is 1800. The van der Waals surface area contributed by atoms with Crippen molar-refractivity contribution in [2.45, 2.75) is 0 Å². The van der Waals surface area contributed by atoms with Crippen LogP contribution >= 0.6 is 39.1 Å². The summed E-state index contributed by atoms with van der Waals surface area (Å²) in [5.74, 6) is -0.853. The largest absolute Gasteiger partial charge is 0.422 e. The highest BCUT2D eigenvalue weighted by Gasteiger charge is 2.20. The number of H-pyrrole nitrogens is 1. The van der Waals surface area contributed by atoms with Gasteiger partial charge in [-0.25, -0.2) is 10.2 Å². The van der Waals surface area contributed by atoms with E-state index in [1.807, 2.05) is 67.5 Å². The van der Waals surface area contributed by atoms with E-state index in [1.54, 1.807) is 24.3 Å². The Hall–Kier alpha value is -4.11. The van der Waals surface area contributed by atoms with Crippen LogP contribution in [0, 0.1) is 0 Å². The van der Waals surface area contributed by atoms with Gasteiger partial charge in [0.2, 0.25) is 0 Å². The molecule has 0 unspecified atom stereocenters. The Labute approximate surface area is 254 Å². The SMILES string of the molecule is CN(C)c1ccc2[nH]c(C(=O)NN=Cc3cc(Br)ccc3OC(=O)c3ccc(Cl)cc3Cl)c(-c3ccccc3)c2c1. The standard InChI is InChI=1S/C31H23BrCl2N4O3/c1-38(2)22-10-12-26-24(16-22)28(18-6-4-3-5-7-18)29(36-26)30(39)37-35-17-19-14-20(32)8-13-27(19)41-31(40)23-11-9-21(33)15-25(23)34/h3-17,36H,1-2H3,(H,37,39). The lowest BCUT2D eigenvalue weighted by Crippen LogP contribution is -2.19. The number of anilines is 1. The van der Waals surface area contributed by atoms with Crippen LogP contribution in [-0.2, 0) is 0 Å². The number of rotatable bonds is 7. The van der Waals surface area contributed by atoms with Crippen LogP contribution in [0.15, 0.2) is 94.5 Å². The zero-order valence-electron chi connectivity index (χ0n) is 21.9. The van der Waals surface area contributed by atoms with Crippen molar-refractivity contribution in [3.05, 3.63) is 116 Å². The number of carbonyl (C=O) groups is 2. The Morgan fingerprint density at radius 3 is 2.49 bits per heavy atom. The first-order valence-electron chi connectivity index (χ1n) is 12.4. The van der Waals surface area contributed by atoms with Gasteiger partial charge in [-0.3, -0.25) is 4.79 Å². The Morgan fingerprint density at radius 2 is 1.76 bits per heavy atom. The van der Waals surface area contributed by atoms with Crippen molar-refractivity contribution < 1.29 is 14.3 Å². The number of halogens is 3. The van der Waals surface area contributed by atoms with E-state index in [0.29, 0.717) is 16.3 Å². The molecule has 0 aliphatic rings. The zero-order chi connectivity index (χ0) is 29.1. The number of benzene rings is 4. The molecule has 5 rings (SSSR count). The number of carbonyl (C=O) groups excluding carboxylic acids is 2. The first-order valence-corrected chi connectivity index (χ1v) is 13.9. The number of hydrazone groups is 1. The Balaban J connectivity index is 1.43. The lowest BCUT2D eigenvalue weighted by molar-refractivity contribution is 0.0734. The summed E-state index contributed by atoms with van der Waals surface area (Å²) in [4.78, 5) is 31.5. The second-order valence-corrected chi connectivity index (χ2v) is 11.0. The van der Waals surface area contributed by atoms with E-state index in [2.05, 4.69) is 31.4 Å². The summed E-state index contributed by atoms with van der Waals surface area (Å²) in [7, 11) is 3.94. The number of hydrogen-bond donors (Lipinski definition) is 2. The molecule has 1 aromatic heterocycles. The fraction of sp³-hybridized carbons (Fsp3) is 0.0645. The molecule has 2 N–H and O–H groups in total. The van der Waals surface area contributed by atoms with Crippen molar-refractivity contribution in [1.82, 2.24) is 10.4 Å². The van der Waals surface area contributed by atoms with E-state index in [4.69, 9.17) is 27.9 Å². The third kappa shape index (κ3) is 6.30. The molecule has 1 heterocycles. The van der Waals surface area contributed by atoms with Crippen LogP contribution in [-0.4, -0.2) is 37.2 Å². The van der Waals surface area contributed by atoms with Gasteiger partial charge in [0.25, 0.3) is 5.91 Å². The topological polar surface area (TPSA) is 86.8 Å². The van der Waals surface area contributed by atoms with Crippen LogP contribution in [0.1, 0.15) is 26.4 Å². The van der Waals surface area contributed by atoms with Crippen LogP contribution in [0.3, 0.4) is 0 Å². The fourth-order valence-corrected chi connectivity index (χ4v) is 5.14. The molecule has 0 aliphatic carbocycles. The zero-order valence-corrected chi connectivity index (χ0v) is 25.0. The van der Waals surface area contributed by atoms with Crippen molar-refractivity contribution >= 4 is 73.8 Å². The van der Waals surface area contributed by atoms with Gasteiger partial charge in [-0.2, -0.15) is 5.10 Å².